The van der Waals surface area contributed by atoms with E-state index in [1.807, 2.05) is 0 Å². The molecule has 0 saturated heterocycles. The fraction of sp³-hybridized carbons (Fsp3) is 0.571. The summed E-state index contributed by atoms with van der Waals surface area (Å²) in [6, 6.07) is 0. The molecule has 4 N–H and O–H groups in total. The Kier molecular flexibility index (Phi) is 11.5. The van der Waals surface area contributed by atoms with Crippen LogP contribution in [0.15, 0.2) is 23.3 Å². The Balaban J connectivity index is 3.84. The average Bonchev–Trinajstić information content (AvgIpc) is 2.46. The van der Waals surface area contributed by atoms with E-state index in [-0.39, 0.29) is 37.4 Å². The Morgan fingerprint density at radius 1 is 0.864 bits per heavy atom. The van der Waals surface area contributed by atoms with Gasteiger partial charge in [0.25, 0.3) is 0 Å². The molecule has 0 fully saturated rings. The number of carboxylic acids is 2. The average molecular weight is 444 g/mol. The summed E-state index contributed by atoms with van der Waals surface area (Å²) in [5.74, 6) is -1.95. The third-order valence-corrected chi connectivity index (χ3v) is 9.99. The van der Waals surface area contributed by atoms with Crippen molar-refractivity contribution >= 4 is 38.2 Å². The maximum absolute atomic E-state index is 10.6. The molecule has 2 unspecified atom stereocenters. The summed E-state index contributed by atoms with van der Waals surface area (Å²) in [6.07, 6.45) is 2.62. The van der Waals surface area contributed by atoms with Crippen LogP contribution in [0.4, 0.5) is 0 Å². The van der Waals surface area contributed by atoms with Crippen molar-refractivity contribution in [1.29, 1.82) is 0 Å². The van der Waals surface area contributed by atoms with Crippen molar-refractivity contribution in [3.8, 4) is 0 Å². The van der Waals surface area contributed by atoms with Gasteiger partial charge in [0.2, 0.25) is 0 Å². The van der Waals surface area contributed by atoms with Gasteiger partial charge in [-0.2, -0.15) is 0 Å². The summed E-state index contributed by atoms with van der Waals surface area (Å²) in [7, 11) is 0. The molecule has 0 aromatic carbocycles. The molecule has 0 aromatic rings. The van der Waals surface area contributed by atoms with Crippen LogP contribution in [0.3, 0.4) is 0 Å². The molecule has 2 atom stereocenters. The second kappa shape index (κ2) is 11.9. The number of aliphatic hydroxyl groups is 2. The van der Waals surface area contributed by atoms with E-state index < -0.39 is 24.1 Å². The molecule has 0 aliphatic heterocycles. The van der Waals surface area contributed by atoms with Gasteiger partial charge in [0.15, 0.2) is 0 Å². The Morgan fingerprint density at radius 2 is 1.18 bits per heavy atom. The van der Waals surface area contributed by atoms with Crippen LogP contribution in [-0.2, 0) is 9.59 Å². The van der Waals surface area contributed by atoms with Gasteiger partial charge >= 0.3 is 141 Å². The first-order valence-corrected chi connectivity index (χ1v) is 13.4. The molecule has 0 saturated carbocycles. The van der Waals surface area contributed by atoms with E-state index in [4.69, 9.17) is 10.2 Å². The van der Waals surface area contributed by atoms with Gasteiger partial charge in [-0.1, -0.05) is 0 Å². The topological polar surface area (TPSA) is 115 Å². The van der Waals surface area contributed by atoms with Crippen molar-refractivity contribution in [2.45, 2.75) is 49.5 Å². The van der Waals surface area contributed by atoms with E-state index in [0.717, 1.165) is 0 Å². The number of aliphatic hydroxyl groups excluding tert-OH is 2. The van der Waals surface area contributed by atoms with E-state index >= 15 is 0 Å². The first-order valence-electron chi connectivity index (χ1n) is 6.64. The van der Waals surface area contributed by atoms with Crippen molar-refractivity contribution < 1.29 is 30.0 Å². The van der Waals surface area contributed by atoms with Gasteiger partial charge in [-0.05, 0) is 0 Å². The minimum atomic E-state index is -0.977. The number of aliphatic carboxylic acids is 2. The van der Waals surface area contributed by atoms with Gasteiger partial charge in [0.1, 0.15) is 0 Å². The van der Waals surface area contributed by atoms with Crippen molar-refractivity contribution in [3.63, 3.8) is 0 Å². The summed E-state index contributed by atoms with van der Waals surface area (Å²) in [6.45, 7) is 2.99. The van der Waals surface area contributed by atoms with Gasteiger partial charge in [-0.15, -0.1) is 0 Å². The summed E-state index contributed by atoms with van der Waals surface area (Å²) in [4.78, 5) is 21.2. The van der Waals surface area contributed by atoms with E-state index in [1.165, 1.54) is 26.0 Å². The molecule has 22 heavy (non-hydrogen) atoms. The summed E-state index contributed by atoms with van der Waals surface area (Å²) in [5, 5.41) is 38.1. The third-order valence-electron chi connectivity index (χ3n) is 2.67. The molecule has 0 aromatic heterocycles. The summed E-state index contributed by atoms with van der Waals surface area (Å²) >= 11 is 0.452. The molecule has 0 bridgehead atoms. The Bertz CT molecular complexity index is 393. The molecule has 0 amide bonds. The Hall–Kier alpha value is -0.621. The zero-order valence-electron chi connectivity index (χ0n) is 12.6. The maximum atomic E-state index is 10.6. The third kappa shape index (κ3) is 11.0. The van der Waals surface area contributed by atoms with Crippen LogP contribution in [0, 0.1) is 0 Å². The normalized spacial score (nSPS) is 15.5. The molecule has 126 valence electrons. The molecule has 0 radical (unpaired) electrons. The molecular weight excluding hydrogens is 422 g/mol. The zero-order chi connectivity index (χ0) is 17.1. The van der Waals surface area contributed by atoms with Crippen molar-refractivity contribution in [2.75, 3.05) is 0 Å². The van der Waals surface area contributed by atoms with Crippen LogP contribution in [0.25, 0.3) is 0 Å². The molecule has 0 aliphatic rings. The van der Waals surface area contributed by atoms with E-state index in [9.17, 15) is 19.8 Å². The Labute approximate surface area is 141 Å². The Morgan fingerprint density at radius 3 is 1.45 bits per heavy atom. The second-order valence-electron chi connectivity index (χ2n) is 4.73. The first-order chi connectivity index (χ1) is 10.2. The molecule has 8 heteroatoms. The molecule has 0 aliphatic carbocycles. The SMILES string of the molecule is C/C(=C\CC(O)C[Se][Se]CC(O)C/C=C(\C)C(=O)O)C(=O)O. The first kappa shape index (κ1) is 21.4. The number of carboxylic acid groups (broad SMARTS) is 2. The monoisotopic (exact) mass is 446 g/mol. The van der Waals surface area contributed by atoms with E-state index in [2.05, 4.69) is 0 Å². The number of hydrogen-bond acceptors (Lipinski definition) is 4. The van der Waals surface area contributed by atoms with Gasteiger partial charge < -0.3 is 0 Å². The predicted octanol–water partition coefficient (Wildman–Crippen LogP) is 0.710. The summed E-state index contributed by atoms with van der Waals surface area (Å²) in [5.41, 5.74) is 0.459. The number of carbonyl (C=O) groups is 2. The van der Waals surface area contributed by atoms with Gasteiger partial charge in [-0.3, -0.25) is 0 Å². The van der Waals surface area contributed by atoms with Crippen molar-refractivity contribution in [2.24, 2.45) is 0 Å². The standard InChI is InChI=1S/C14H22O6Se2/c1-9(13(17)18)3-5-11(15)7-21-22-8-12(16)6-4-10(2)14(19)20/h3-4,11-12,15-16H,5-8H2,1-2H3,(H,17,18)(H,19,20)/b9-3+,10-4+. The van der Waals surface area contributed by atoms with Crippen LogP contribution >= 0.6 is 0 Å². The van der Waals surface area contributed by atoms with E-state index in [1.54, 1.807) is 0 Å². The molecule has 0 spiro atoms. The van der Waals surface area contributed by atoms with Gasteiger partial charge in [0, 0.05) is 0 Å². The molecular formula is C14H22O6Se2. The molecule has 0 heterocycles. The number of hydrogen-bond donors (Lipinski definition) is 4. The number of rotatable bonds is 11. The minimum absolute atomic E-state index is 0.226. The van der Waals surface area contributed by atoms with Crippen molar-refractivity contribution in [1.82, 2.24) is 0 Å². The zero-order valence-corrected chi connectivity index (χ0v) is 16.0. The fourth-order valence-electron chi connectivity index (χ4n) is 1.19. The van der Waals surface area contributed by atoms with Gasteiger partial charge in [-0.25, -0.2) is 0 Å². The van der Waals surface area contributed by atoms with Crippen LogP contribution < -0.4 is 0 Å². The van der Waals surface area contributed by atoms with E-state index in [0.29, 0.717) is 23.5 Å². The summed E-state index contributed by atoms with van der Waals surface area (Å²) < 4.78 is 0. The predicted molar refractivity (Wildman–Crippen MR) is 85.2 cm³/mol. The quantitative estimate of drug-likeness (QED) is 0.212. The molecule has 0 rings (SSSR count). The fourth-order valence-corrected chi connectivity index (χ4v) is 8.35. The molecule has 6 nitrogen and oxygen atoms in total. The van der Waals surface area contributed by atoms with Crippen LogP contribution in [0.2, 0.25) is 10.6 Å². The van der Waals surface area contributed by atoms with Crippen LogP contribution in [0.5, 0.6) is 0 Å². The van der Waals surface area contributed by atoms with Crippen molar-refractivity contribution in [3.05, 3.63) is 23.3 Å². The van der Waals surface area contributed by atoms with Gasteiger partial charge in [0.05, 0.1) is 0 Å². The second-order valence-corrected chi connectivity index (χ2v) is 12.3. The van der Waals surface area contributed by atoms with Crippen LogP contribution in [0.1, 0.15) is 26.7 Å². The van der Waals surface area contributed by atoms with Crippen LogP contribution in [-0.4, -0.2) is 70.8 Å².